The van der Waals surface area contributed by atoms with Crippen molar-refractivity contribution in [3.8, 4) is 0 Å². The largest absolute Gasteiger partial charge is 0.352 e. The lowest BCUT2D eigenvalue weighted by Gasteiger charge is -2.30. The zero-order valence-corrected chi connectivity index (χ0v) is 23.6. The number of hydrogen-bond acceptors (Lipinski definition) is 4. The van der Waals surface area contributed by atoms with Crippen molar-refractivity contribution in [2.24, 2.45) is 0 Å². The maximum absolute atomic E-state index is 13.7. The number of nitrogens with zero attached hydrogens (tertiary/aromatic N) is 2. The van der Waals surface area contributed by atoms with Crippen LogP contribution in [0.15, 0.2) is 36.4 Å². The van der Waals surface area contributed by atoms with Gasteiger partial charge in [0.15, 0.2) is 11.6 Å². The summed E-state index contributed by atoms with van der Waals surface area (Å²) >= 11 is 12.3. The van der Waals surface area contributed by atoms with E-state index in [4.69, 9.17) is 23.2 Å². The standard InChI is InChI=1S/C26H31Cl2F2N3O4S/c1-17(26(35)31-20-6-3-4-7-20)32(16-18-9-10-19(27)14-22(18)28)25(34)8-5-13-33(38(2,36)37)21-11-12-23(29)24(30)15-21/h9-12,14-15,17,20H,3-8,13,16H2,1-2H3,(H,31,35)/t17-/m1/s1. The Morgan fingerprint density at radius 2 is 1.76 bits per heavy atom. The summed E-state index contributed by atoms with van der Waals surface area (Å²) in [6.07, 6.45) is 4.78. The lowest BCUT2D eigenvalue weighted by molar-refractivity contribution is -0.140. The maximum Gasteiger partial charge on any atom is 0.242 e. The van der Waals surface area contributed by atoms with Crippen LogP contribution in [0.5, 0.6) is 0 Å². The van der Waals surface area contributed by atoms with Gasteiger partial charge in [0.2, 0.25) is 21.8 Å². The van der Waals surface area contributed by atoms with Crippen molar-refractivity contribution in [2.75, 3.05) is 17.1 Å². The second kappa shape index (κ2) is 13.1. The molecule has 3 rings (SSSR count). The van der Waals surface area contributed by atoms with Crippen LogP contribution in [-0.4, -0.2) is 50.0 Å². The van der Waals surface area contributed by atoms with Crippen molar-refractivity contribution in [3.05, 3.63) is 63.6 Å². The molecule has 1 aliphatic rings. The van der Waals surface area contributed by atoms with Crippen LogP contribution in [0.4, 0.5) is 14.5 Å². The third kappa shape index (κ3) is 8.04. The molecule has 1 saturated carbocycles. The van der Waals surface area contributed by atoms with Gasteiger partial charge in [-0.05, 0) is 56.0 Å². The van der Waals surface area contributed by atoms with Crippen molar-refractivity contribution in [2.45, 2.75) is 64.1 Å². The minimum atomic E-state index is -3.84. The van der Waals surface area contributed by atoms with Crippen LogP contribution >= 0.6 is 23.2 Å². The summed E-state index contributed by atoms with van der Waals surface area (Å²) in [5.41, 5.74) is 0.553. The van der Waals surface area contributed by atoms with Gasteiger partial charge in [-0.3, -0.25) is 13.9 Å². The quantitative estimate of drug-likeness (QED) is 0.385. The van der Waals surface area contributed by atoms with Gasteiger partial charge >= 0.3 is 0 Å². The van der Waals surface area contributed by atoms with Gasteiger partial charge in [0.1, 0.15) is 6.04 Å². The predicted molar refractivity (Wildman–Crippen MR) is 145 cm³/mol. The SMILES string of the molecule is C[C@H](C(=O)NC1CCCC1)N(Cc1ccc(Cl)cc1Cl)C(=O)CCCN(c1ccc(F)c(F)c1)S(C)(=O)=O. The summed E-state index contributed by atoms with van der Waals surface area (Å²) in [4.78, 5) is 27.8. The molecule has 0 bridgehead atoms. The van der Waals surface area contributed by atoms with Crippen molar-refractivity contribution in [1.29, 1.82) is 0 Å². The smallest absolute Gasteiger partial charge is 0.242 e. The van der Waals surface area contributed by atoms with Crippen molar-refractivity contribution in [1.82, 2.24) is 10.2 Å². The van der Waals surface area contributed by atoms with Crippen LogP contribution < -0.4 is 9.62 Å². The summed E-state index contributed by atoms with van der Waals surface area (Å²) in [6, 6.07) is 6.93. The van der Waals surface area contributed by atoms with Gasteiger partial charge in [-0.1, -0.05) is 42.1 Å². The summed E-state index contributed by atoms with van der Waals surface area (Å²) in [5.74, 6) is -2.95. The zero-order valence-electron chi connectivity index (χ0n) is 21.2. The molecule has 1 fully saturated rings. The summed E-state index contributed by atoms with van der Waals surface area (Å²) < 4.78 is 52.7. The zero-order chi connectivity index (χ0) is 28.0. The Morgan fingerprint density at radius 3 is 2.37 bits per heavy atom. The Kier molecular flexibility index (Phi) is 10.4. The second-order valence-corrected chi connectivity index (χ2v) is 12.2. The Morgan fingerprint density at radius 1 is 1.08 bits per heavy atom. The molecule has 38 heavy (non-hydrogen) atoms. The van der Waals surface area contributed by atoms with Gasteiger partial charge in [-0.15, -0.1) is 0 Å². The van der Waals surface area contributed by atoms with Gasteiger partial charge in [0.05, 0.1) is 11.9 Å². The number of amides is 2. The van der Waals surface area contributed by atoms with Crippen LogP contribution in [0.25, 0.3) is 0 Å². The molecule has 12 heteroatoms. The van der Waals surface area contributed by atoms with Crippen LogP contribution in [0.1, 0.15) is 51.0 Å². The van der Waals surface area contributed by atoms with E-state index in [9.17, 15) is 26.8 Å². The number of halogens is 4. The highest BCUT2D eigenvalue weighted by molar-refractivity contribution is 7.92. The molecule has 0 unspecified atom stereocenters. The number of carbonyl (C=O) groups excluding carboxylic acids is 2. The fourth-order valence-corrected chi connectivity index (χ4v) is 5.88. The molecule has 1 atom stereocenters. The van der Waals surface area contributed by atoms with Gasteiger partial charge in [0.25, 0.3) is 0 Å². The van der Waals surface area contributed by atoms with E-state index in [1.165, 1.54) is 4.90 Å². The molecule has 0 spiro atoms. The number of carbonyl (C=O) groups is 2. The minimum absolute atomic E-state index is 0.0482. The van der Waals surface area contributed by atoms with Crippen molar-refractivity contribution >= 4 is 50.7 Å². The predicted octanol–water partition coefficient (Wildman–Crippen LogP) is 5.29. The van der Waals surface area contributed by atoms with E-state index in [1.54, 1.807) is 25.1 Å². The van der Waals surface area contributed by atoms with E-state index >= 15 is 0 Å². The lowest BCUT2D eigenvalue weighted by Crippen LogP contribution is -2.49. The monoisotopic (exact) mass is 589 g/mol. The molecule has 2 amide bonds. The first-order chi connectivity index (χ1) is 17.9. The lowest BCUT2D eigenvalue weighted by atomic mass is 10.1. The summed E-state index contributed by atoms with van der Waals surface area (Å²) in [5, 5.41) is 3.79. The van der Waals surface area contributed by atoms with E-state index in [2.05, 4.69) is 5.32 Å². The van der Waals surface area contributed by atoms with Gasteiger partial charge in [-0.2, -0.15) is 0 Å². The first-order valence-corrected chi connectivity index (χ1v) is 14.9. The number of sulfonamides is 1. The van der Waals surface area contributed by atoms with Crippen LogP contribution in [-0.2, 0) is 26.2 Å². The van der Waals surface area contributed by atoms with Crippen LogP contribution in [0.3, 0.4) is 0 Å². The number of hydrogen-bond donors (Lipinski definition) is 1. The average Bonchev–Trinajstić information content (AvgIpc) is 3.35. The first kappa shape index (κ1) is 30.1. The fourth-order valence-electron chi connectivity index (χ4n) is 4.45. The topological polar surface area (TPSA) is 86.8 Å². The number of nitrogens with one attached hydrogen (secondary N) is 1. The Hall–Kier alpha value is -2.43. The molecule has 0 heterocycles. The molecule has 1 N–H and O–H groups in total. The highest BCUT2D eigenvalue weighted by atomic mass is 35.5. The molecule has 0 aliphatic heterocycles. The van der Waals surface area contributed by atoms with Crippen molar-refractivity contribution < 1.29 is 26.8 Å². The molecular weight excluding hydrogens is 559 g/mol. The number of rotatable bonds is 11. The van der Waals surface area contributed by atoms with E-state index < -0.39 is 27.7 Å². The Bertz CT molecular complexity index is 1270. The van der Waals surface area contributed by atoms with E-state index in [0.717, 1.165) is 54.4 Å². The van der Waals surface area contributed by atoms with Gasteiger partial charge in [-0.25, -0.2) is 17.2 Å². The highest BCUT2D eigenvalue weighted by Gasteiger charge is 2.29. The van der Waals surface area contributed by atoms with Gasteiger partial charge in [0, 0.05) is 41.7 Å². The molecule has 2 aromatic rings. The third-order valence-electron chi connectivity index (χ3n) is 6.57. The average molecular weight is 591 g/mol. The molecular formula is C26H31Cl2F2N3O4S. The molecule has 7 nitrogen and oxygen atoms in total. The normalized spacial score (nSPS) is 14.8. The molecule has 208 valence electrons. The van der Waals surface area contributed by atoms with Crippen LogP contribution in [0, 0.1) is 11.6 Å². The van der Waals surface area contributed by atoms with E-state index in [1.807, 2.05) is 0 Å². The Labute approximate surface area is 232 Å². The van der Waals surface area contributed by atoms with Crippen molar-refractivity contribution in [3.63, 3.8) is 0 Å². The summed E-state index contributed by atoms with van der Waals surface area (Å²) in [7, 11) is -3.84. The fraction of sp³-hybridized carbons (Fsp3) is 0.462. The highest BCUT2D eigenvalue weighted by Crippen LogP contribution is 2.25. The molecule has 0 saturated heterocycles. The second-order valence-electron chi connectivity index (χ2n) is 9.46. The Balaban J connectivity index is 1.75. The minimum Gasteiger partial charge on any atom is -0.352 e. The molecule has 0 aromatic heterocycles. The number of anilines is 1. The molecule has 1 aliphatic carbocycles. The van der Waals surface area contributed by atoms with Gasteiger partial charge < -0.3 is 10.2 Å². The third-order valence-corrected chi connectivity index (χ3v) is 8.35. The first-order valence-electron chi connectivity index (χ1n) is 12.3. The van der Waals surface area contributed by atoms with E-state index in [0.29, 0.717) is 15.6 Å². The maximum atomic E-state index is 13.7. The summed E-state index contributed by atoms with van der Waals surface area (Å²) in [6.45, 7) is 1.54. The number of benzene rings is 2. The van der Waals surface area contributed by atoms with Crippen LogP contribution in [0.2, 0.25) is 10.0 Å². The van der Waals surface area contributed by atoms with E-state index in [-0.39, 0.29) is 49.5 Å². The molecule has 2 aromatic carbocycles. The molecule has 0 radical (unpaired) electrons.